The lowest BCUT2D eigenvalue weighted by atomic mass is 9.97. The molecule has 6 heteroatoms. The number of thiophene rings is 1. The first-order chi connectivity index (χ1) is 10.7. The minimum atomic E-state index is 0.0241. The van der Waals surface area contributed by atoms with Gasteiger partial charge in [0, 0.05) is 30.4 Å². The third-order valence-electron chi connectivity index (χ3n) is 4.06. The number of hydrogen-bond donors (Lipinski definition) is 1. The maximum absolute atomic E-state index is 12.4. The molecule has 1 fully saturated rings. The third kappa shape index (κ3) is 3.44. The van der Waals surface area contributed by atoms with Crippen LogP contribution in [-0.2, 0) is 11.3 Å². The van der Waals surface area contributed by atoms with E-state index in [4.69, 9.17) is 0 Å². The highest BCUT2D eigenvalue weighted by Gasteiger charge is 2.26. The van der Waals surface area contributed by atoms with Crippen molar-refractivity contribution < 1.29 is 4.79 Å². The molecule has 1 aliphatic rings. The Hall–Kier alpha value is -1.95. The van der Waals surface area contributed by atoms with Crippen molar-refractivity contribution in [1.82, 2.24) is 15.3 Å². The summed E-state index contributed by atoms with van der Waals surface area (Å²) in [6.07, 6.45) is 7.06. The summed E-state index contributed by atoms with van der Waals surface area (Å²) in [7, 11) is 0. The summed E-state index contributed by atoms with van der Waals surface area (Å²) in [6.45, 7) is 4.36. The van der Waals surface area contributed by atoms with Crippen molar-refractivity contribution in [2.75, 3.05) is 18.0 Å². The van der Waals surface area contributed by atoms with Crippen LogP contribution in [0.15, 0.2) is 30.0 Å². The van der Waals surface area contributed by atoms with Crippen LogP contribution in [0.3, 0.4) is 0 Å². The highest BCUT2D eigenvalue weighted by atomic mass is 32.1. The van der Waals surface area contributed by atoms with Gasteiger partial charge in [0.2, 0.25) is 5.91 Å². The molecular weight excluding hydrogens is 296 g/mol. The number of hydrogen-bond acceptors (Lipinski definition) is 5. The van der Waals surface area contributed by atoms with Gasteiger partial charge in [-0.1, -0.05) is 0 Å². The van der Waals surface area contributed by atoms with Crippen LogP contribution in [0, 0.1) is 12.8 Å². The molecule has 0 aliphatic carbocycles. The van der Waals surface area contributed by atoms with Crippen LogP contribution in [0.25, 0.3) is 0 Å². The number of amides is 1. The van der Waals surface area contributed by atoms with E-state index in [2.05, 4.69) is 38.6 Å². The second-order valence-corrected chi connectivity index (χ2v) is 6.59. The number of nitrogens with zero attached hydrogens (tertiary/aromatic N) is 3. The van der Waals surface area contributed by atoms with E-state index < -0.39 is 0 Å². The molecule has 1 amide bonds. The molecule has 2 aromatic rings. The summed E-state index contributed by atoms with van der Waals surface area (Å²) in [4.78, 5) is 24.2. The number of aryl methyl sites for hydroxylation is 1. The van der Waals surface area contributed by atoms with Gasteiger partial charge in [0.25, 0.3) is 0 Å². The normalized spacial score (nSPS) is 18.2. The number of carbonyl (C=O) groups is 1. The number of piperidine rings is 1. The molecule has 0 spiro atoms. The van der Waals surface area contributed by atoms with Gasteiger partial charge in [-0.05, 0) is 36.8 Å². The molecule has 3 heterocycles. The maximum atomic E-state index is 12.4. The van der Waals surface area contributed by atoms with E-state index in [-0.39, 0.29) is 11.8 Å². The summed E-state index contributed by atoms with van der Waals surface area (Å²) in [5, 5.41) is 5.14. The first-order valence-electron chi connectivity index (χ1n) is 7.55. The molecule has 3 rings (SSSR count). The molecule has 1 N–H and O–H groups in total. The molecular formula is C16H20N4OS. The lowest BCUT2D eigenvalue weighted by molar-refractivity contribution is -0.125. The first kappa shape index (κ1) is 15.0. The minimum absolute atomic E-state index is 0.0241. The van der Waals surface area contributed by atoms with Gasteiger partial charge in [-0.2, -0.15) is 0 Å². The van der Waals surface area contributed by atoms with Crippen molar-refractivity contribution in [2.45, 2.75) is 26.3 Å². The second kappa shape index (κ2) is 6.87. The van der Waals surface area contributed by atoms with Crippen molar-refractivity contribution in [2.24, 2.45) is 5.92 Å². The topological polar surface area (TPSA) is 58.1 Å². The average Bonchev–Trinajstić information content (AvgIpc) is 2.99. The number of aromatic nitrogens is 2. The lowest BCUT2D eigenvalue weighted by Gasteiger charge is -2.32. The highest BCUT2D eigenvalue weighted by Crippen LogP contribution is 2.21. The first-order valence-corrected chi connectivity index (χ1v) is 8.43. The van der Waals surface area contributed by atoms with E-state index in [1.165, 1.54) is 10.4 Å². The third-order valence-corrected chi connectivity index (χ3v) is 5.08. The van der Waals surface area contributed by atoms with Crippen LogP contribution in [0.4, 0.5) is 5.82 Å². The Morgan fingerprint density at radius 2 is 2.41 bits per heavy atom. The Bertz CT molecular complexity index is 628. The van der Waals surface area contributed by atoms with Gasteiger partial charge in [-0.15, -0.1) is 11.3 Å². The Kier molecular flexibility index (Phi) is 4.68. The predicted molar refractivity (Wildman–Crippen MR) is 87.9 cm³/mol. The van der Waals surface area contributed by atoms with Gasteiger partial charge in [0.15, 0.2) is 0 Å². The van der Waals surface area contributed by atoms with Crippen LogP contribution >= 0.6 is 11.3 Å². The summed E-state index contributed by atoms with van der Waals surface area (Å²) in [6, 6.07) is 2.09. The van der Waals surface area contributed by atoms with Gasteiger partial charge in [0.1, 0.15) is 5.82 Å². The van der Waals surface area contributed by atoms with E-state index in [9.17, 15) is 4.79 Å². The molecule has 1 saturated heterocycles. The second-order valence-electron chi connectivity index (χ2n) is 5.59. The summed E-state index contributed by atoms with van der Waals surface area (Å²) in [5.74, 6) is 1.02. The zero-order chi connectivity index (χ0) is 15.4. The summed E-state index contributed by atoms with van der Waals surface area (Å²) in [5.41, 5.74) is 1.25. The molecule has 0 unspecified atom stereocenters. The Morgan fingerprint density at radius 1 is 1.50 bits per heavy atom. The molecule has 0 saturated carbocycles. The smallest absolute Gasteiger partial charge is 0.225 e. The number of rotatable bonds is 4. The molecule has 5 nitrogen and oxygen atoms in total. The van der Waals surface area contributed by atoms with E-state index in [1.54, 1.807) is 29.9 Å². The number of anilines is 1. The van der Waals surface area contributed by atoms with Gasteiger partial charge >= 0.3 is 0 Å². The predicted octanol–water partition coefficient (Wildman–Crippen LogP) is 2.38. The Morgan fingerprint density at radius 3 is 3.14 bits per heavy atom. The molecule has 1 atom stereocenters. The Labute approximate surface area is 134 Å². The lowest BCUT2D eigenvalue weighted by Crippen LogP contribution is -2.43. The van der Waals surface area contributed by atoms with Crippen molar-refractivity contribution >= 4 is 23.1 Å². The number of carbonyl (C=O) groups excluding carboxylic acids is 1. The van der Waals surface area contributed by atoms with E-state index >= 15 is 0 Å². The van der Waals surface area contributed by atoms with Crippen LogP contribution in [0.1, 0.15) is 23.3 Å². The standard InChI is InChI=1S/C16H20N4OS/c1-12-4-8-22-14(12)9-19-16(21)13-3-2-7-20(11-13)15-10-17-5-6-18-15/h4-6,8,10,13H,2-3,7,9,11H2,1H3,(H,19,21)/t13-/m1/s1. The summed E-state index contributed by atoms with van der Waals surface area (Å²) < 4.78 is 0. The SMILES string of the molecule is Cc1ccsc1CNC(=O)[C@@H]1CCCN(c2cnccn2)C1. The van der Waals surface area contributed by atoms with E-state index in [0.717, 1.165) is 25.2 Å². The number of nitrogens with one attached hydrogen (secondary N) is 1. The van der Waals surface area contributed by atoms with E-state index in [0.29, 0.717) is 13.1 Å². The molecule has 2 aromatic heterocycles. The minimum Gasteiger partial charge on any atom is -0.355 e. The van der Waals surface area contributed by atoms with Crippen LogP contribution in [0.2, 0.25) is 0 Å². The Balaban J connectivity index is 1.57. The molecule has 0 bridgehead atoms. The monoisotopic (exact) mass is 316 g/mol. The van der Waals surface area contributed by atoms with Gasteiger partial charge in [-0.25, -0.2) is 4.98 Å². The summed E-state index contributed by atoms with van der Waals surface area (Å²) >= 11 is 1.69. The van der Waals surface area contributed by atoms with Gasteiger partial charge < -0.3 is 10.2 Å². The van der Waals surface area contributed by atoms with Crippen LogP contribution in [-0.4, -0.2) is 29.0 Å². The molecule has 22 heavy (non-hydrogen) atoms. The zero-order valence-electron chi connectivity index (χ0n) is 12.7. The fourth-order valence-corrected chi connectivity index (χ4v) is 3.60. The van der Waals surface area contributed by atoms with Crippen molar-refractivity contribution in [3.05, 3.63) is 40.5 Å². The van der Waals surface area contributed by atoms with E-state index in [1.807, 2.05) is 0 Å². The van der Waals surface area contributed by atoms with Gasteiger partial charge in [0.05, 0.1) is 18.7 Å². The quantitative estimate of drug-likeness (QED) is 0.941. The molecule has 0 radical (unpaired) electrons. The average molecular weight is 316 g/mol. The van der Waals surface area contributed by atoms with Crippen LogP contribution < -0.4 is 10.2 Å². The zero-order valence-corrected chi connectivity index (χ0v) is 13.5. The fourth-order valence-electron chi connectivity index (χ4n) is 2.75. The van der Waals surface area contributed by atoms with Crippen LogP contribution in [0.5, 0.6) is 0 Å². The van der Waals surface area contributed by atoms with Crippen molar-refractivity contribution in [3.8, 4) is 0 Å². The molecule has 1 aliphatic heterocycles. The maximum Gasteiger partial charge on any atom is 0.225 e. The molecule has 116 valence electrons. The van der Waals surface area contributed by atoms with Crippen molar-refractivity contribution in [1.29, 1.82) is 0 Å². The largest absolute Gasteiger partial charge is 0.355 e. The molecule has 0 aromatic carbocycles. The fraction of sp³-hybridized carbons (Fsp3) is 0.438. The van der Waals surface area contributed by atoms with Gasteiger partial charge in [-0.3, -0.25) is 9.78 Å². The highest BCUT2D eigenvalue weighted by molar-refractivity contribution is 7.10. The van der Waals surface area contributed by atoms with Crippen molar-refractivity contribution in [3.63, 3.8) is 0 Å².